The SMILES string of the molecule is Cc1ccccc1Nc1ccc([N+](=O)[O-])c(I)c1. The number of para-hydroxylation sites is 1. The van der Waals surface area contributed by atoms with Crippen LogP contribution in [0.5, 0.6) is 0 Å². The number of rotatable bonds is 3. The van der Waals surface area contributed by atoms with Crippen molar-refractivity contribution in [3.63, 3.8) is 0 Å². The van der Waals surface area contributed by atoms with Gasteiger partial charge in [0.25, 0.3) is 5.69 Å². The van der Waals surface area contributed by atoms with Crippen molar-refractivity contribution in [2.75, 3.05) is 5.32 Å². The predicted octanol–water partition coefficient (Wildman–Crippen LogP) is 4.25. The Balaban J connectivity index is 2.29. The normalized spacial score (nSPS) is 10.1. The molecule has 0 aromatic heterocycles. The first kappa shape index (κ1) is 12.8. The molecular formula is C13H11IN2O2. The van der Waals surface area contributed by atoms with Crippen LogP contribution in [0.3, 0.4) is 0 Å². The van der Waals surface area contributed by atoms with Crippen LogP contribution in [0.15, 0.2) is 42.5 Å². The molecule has 2 aromatic carbocycles. The third-order valence-electron chi connectivity index (χ3n) is 2.57. The highest BCUT2D eigenvalue weighted by Gasteiger charge is 2.11. The van der Waals surface area contributed by atoms with Crippen molar-refractivity contribution >= 4 is 39.7 Å². The number of hydrogen-bond donors (Lipinski definition) is 1. The fraction of sp³-hybridized carbons (Fsp3) is 0.0769. The molecule has 2 rings (SSSR count). The maximum atomic E-state index is 10.7. The second kappa shape index (κ2) is 5.34. The third-order valence-corrected chi connectivity index (χ3v) is 3.43. The summed E-state index contributed by atoms with van der Waals surface area (Å²) in [6.45, 7) is 2.01. The number of halogens is 1. The maximum Gasteiger partial charge on any atom is 0.282 e. The maximum absolute atomic E-state index is 10.7. The zero-order valence-electron chi connectivity index (χ0n) is 9.68. The summed E-state index contributed by atoms with van der Waals surface area (Å²) in [7, 11) is 0. The largest absolute Gasteiger partial charge is 0.355 e. The van der Waals surface area contributed by atoms with Gasteiger partial charge in [0.05, 0.1) is 8.49 Å². The van der Waals surface area contributed by atoms with Crippen LogP contribution in [0.25, 0.3) is 0 Å². The number of nitro groups is 1. The fourth-order valence-corrected chi connectivity index (χ4v) is 2.31. The Hall–Kier alpha value is -1.63. The van der Waals surface area contributed by atoms with Gasteiger partial charge >= 0.3 is 0 Å². The number of benzene rings is 2. The summed E-state index contributed by atoms with van der Waals surface area (Å²) in [6, 6.07) is 12.9. The zero-order valence-corrected chi connectivity index (χ0v) is 11.8. The number of nitrogens with zero attached hydrogens (tertiary/aromatic N) is 1. The molecule has 0 unspecified atom stereocenters. The minimum atomic E-state index is -0.376. The van der Waals surface area contributed by atoms with Gasteiger partial charge in [0.15, 0.2) is 0 Å². The summed E-state index contributed by atoms with van der Waals surface area (Å²) in [5.41, 5.74) is 3.11. The molecule has 0 spiro atoms. The van der Waals surface area contributed by atoms with Gasteiger partial charge in [-0.2, -0.15) is 0 Å². The molecule has 1 N–H and O–H groups in total. The van der Waals surface area contributed by atoms with Gasteiger partial charge in [-0.3, -0.25) is 10.1 Å². The fourth-order valence-electron chi connectivity index (χ4n) is 1.60. The Morgan fingerprint density at radius 3 is 2.56 bits per heavy atom. The second-order valence-corrected chi connectivity index (χ2v) is 5.03. The van der Waals surface area contributed by atoms with Crippen LogP contribution in [0, 0.1) is 20.6 Å². The van der Waals surface area contributed by atoms with E-state index in [0.29, 0.717) is 3.57 Å². The molecule has 0 fully saturated rings. The van der Waals surface area contributed by atoms with Crippen molar-refractivity contribution in [2.45, 2.75) is 6.92 Å². The predicted molar refractivity (Wildman–Crippen MR) is 80.3 cm³/mol. The van der Waals surface area contributed by atoms with E-state index in [4.69, 9.17) is 0 Å². The van der Waals surface area contributed by atoms with Crippen LogP contribution < -0.4 is 5.32 Å². The first-order chi connectivity index (χ1) is 8.58. The number of nitro benzene ring substituents is 1. The summed E-state index contributed by atoms with van der Waals surface area (Å²) in [4.78, 5) is 10.4. The molecule has 5 heteroatoms. The van der Waals surface area contributed by atoms with Crippen LogP contribution in [-0.2, 0) is 0 Å². The molecule has 0 amide bonds. The number of hydrogen-bond acceptors (Lipinski definition) is 3. The zero-order chi connectivity index (χ0) is 13.1. The summed E-state index contributed by atoms with van der Waals surface area (Å²) < 4.78 is 0.621. The van der Waals surface area contributed by atoms with Crippen molar-refractivity contribution in [1.29, 1.82) is 0 Å². The minimum absolute atomic E-state index is 0.130. The van der Waals surface area contributed by atoms with E-state index in [1.54, 1.807) is 12.1 Å². The summed E-state index contributed by atoms with van der Waals surface area (Å²) in [6.07, 6.45) is 0. The van der Waals surface area contributed by atoms with Gasteiger partial charge in [0.1, 0.15) is 0 Å². The van der Waals surface area contributed by atoms with Crippen LogP contribution in [-0.4, -0.2) is 4.92 Å². The molecule has 0 heterocycles. The van der Waals surface area contributed by atoms with Gasteiger partial charge in [-0.15, -0.1) is 0 Å². The van der Waals surface area contributed by atoms with Gasteiger partial charge < -0.3 is 5.32 Å². The van der Waals surface area contributed by atoms with Gasteiger partial charge in [-0.05, 0) is 53.3 Å². The summed E-state index contributed by atoms with van der Waals surface area (Å²) in [5.74, 6) is 0. The van der Waals surface area contributed by atoms with Crippen molar-refractivity contribution in [2.24, 2.45) is 0 Å². The van der Waals surface area contributed by atoms with Crippen LogP contribution in [0.2, 0.25) is 0 Å². The number of anilines is 2. The topological polar surface area (TPSA) is 55.2 Å². The smallest absolute Gasteiger partial charge is 0.282 e. The highest BCUT2D eigenvalue weighted by molar-refractivity contribution is 14.1. The first-order valence-electron chi connectivity index (χ1n) is 5.34. The Labute approximate surface area is 118 Å². The molecule has 0 saturated carbocycles. The van der Waals surface area contributed by atoms with E-state index < -0.39 is 0 Å². The number of aryl methyl sites for hydroxylation is 1. The van der Waals surface area contributed by atoms with E-state index in [1.807, 2.05) is 53.8 Å². The van der Waals surface area contributed by atoms with E-state index >= 15 is 0 Å². The minimum Gasteiger partial charge on any atom is -0.355 e. The van der Waals surface area contributed by atoms with Crippen molar-refractivity contribution in [3.8, 4) is 0 Å². The van der Waals surface area contributed by atoms with E-state index in [1.165, 1.54) is 6.07 Å². The average molecular weight is 354 g/mol. The lowest BCUT2D eigenvalue weighted by Crippen LogP contribution is -1.96. The van der Waals surface area contributed by atoms with Gasteiger partial charge in [0, 0.05) is 17.4 Å². The lowest BCUT2D eigenvalue weighted by Gasteiger charge is -2.09. The van der Waals surface area contributed by atoms with Crippen LogP contribution in [0.1, 0.15) is 5.56 Å². The van der Waals surface area contributed by atoms with E-state index in [0.717, 1.165) is 16.9 Å². The Kier molecular flexibility index (Phi) is 3.81. The third kappa shape index (κ3) is 2.79. The monoisotopic (exact) mass is 354 g/mol. The average Bonchev–Trinajstić information content (AvgIpc) is 2.32. The summed E-state index contributed by atoms with van der Waals surface area (Å²) in [5, 5.41) is 14.0. The molecule has 0 aliphatic rings. The highest BCUT2D eigenvalue weighted by Crippen LogP contribution is 2.27. The van der Waals surface area contributed by atoms with Gasteiger partial charge in [-0.25, -0.2) is 0 Å². The quantitative estimate of drug-likeness (QED) is 0.509. The molecule has 4 nitrogen and oxygen atoms in total. The molecule has 0 aliphatic heterocycles. The molecule has 0 aliphatic carbocycles. The van der Waals surface area contributed by atoms with Crippen molar-refractivity contribution in [1.82, 2.24) is 0 Å². The highest BCUT2D eigenvalue weighted by atomic mass is 127. The molecular weight excluding hydrogens is 343 g/mol. The van der Waals surface area contributed by atoms with E-state index in [-0.39, 0.29) is 10.6 Å². The molecule has 2 aromatic rings. The first-order valence-corrected chi connectivity index (χ1v) is 6.42. The molecule has 18 heavy (non-hydrogen) atoms. The van der Waals surface area contributed by atoms with E-state index in [9.17, 15) is 10.1 Å². The Morgan fingerprint density at radius 1 is 1.22 bits per heavy atom. The van der Waals surface area contributed by atoms with Crippen LogP contribution in [0.4, 0.5) is 17.1 Å². The Bertz CT molecular complexity index is 599. The standard InChI is InChI=1S/C13H11IN2O2/c1-9-4-2-3-5-12(9)15-10-6-7-13(16(17)18)11(14)8-10/h2-8,15H,1H3. The molecule has 0 atom stereocenters. The van der Waals surface area contributed by atoms with Gasteiger partial charge in [-0.1, -0.05) is 18.2 Å². The number of nitrogens with one attached hydrogen (secondary N) is 1. The van der Waals surface area contributed by atoms with Crippen molar-refractivity contribution < 1.29 is 4.92 Å². The van der Waals surface area contributed by atoms with Crippen LogP contribution >= 0.6 is 22.6 Å². The molecule has 0 saturated heterocycles. The van der Waals surface area contributed by atoms with Gasteiger partial charge in [0.2, 0.25) is 0 Å². The lowest BCUT2D eigenvalue weighted by atomic mass is 10.2. The van der Waals surface area contributed by atoms with Crippen molar-refractivity contribution in [3.05, 3.63) is 61.7 Å². The molecule has 92 valence electrons. The summed E-state index contributed by atoms with van der Waals surface area (Å²) >= 11 is 1.97. The molecule has 0 bridgehead atoms. The Morgan fingerprint density at radius 2 is 1.94 bits per heavy atom. The van der Waals surface area contributed by atoms with E-state index in [2.05, 4.69) is 5.32 Å². The molecule has 0 radical (unpaired) electrons. The second-order valence-electron chi connectivity index (χ2n) is 3.86. The lowest BCUT2D eigenvalue weighted by molar-refractivity contribution is -0.385.